The van der Waals surface area contributed by atoms with Crippen molar-refractivity contribution in [1.29, 1.82) is 5.26 Å². The maximum atomic E-state index is 11.1. The standard InChI is InChI=1S/C15H18N4O4/c1-22-15(21)18-17-13(10-20)11-2-3-14(12(8-11)9-16)19-4-6-23-7-5-19/h2-3,8,20H,4-7,10H2,1H3,(H,18,21). The summed E-state index contributed by atoms with van der Waals surface area (Å²) in [5.41, 5.74) is 4.24. The fourth-order valence-corrected chi connectivity index (χ4v) is 2.24. The van der Waals surface area contributed by atoms with E-state index in [0.717, 1.165) is 18.8 Å². The molecule has 0 radical (unpaired) electrons. The zero-order valence-electron chi connectivity index (χ0n) is 12.8. The van der Waals surface area contributed by atoms with Crippen LogP contribution in [0.3, 0.4) is 0 Å². The normalized spacial score (nSPS) is 15.0. The van der Waals surface area contributed by atoms with E-state index in [9.17, 15) is 15.2 Å². The fraction of sp³-hybridized carbons (Fsp3) is 0.400. The number of nitrogens with zero attached hydrogens (tertiary/aromatic N) is 3. The number of hydrogen-bond donors (Lipinski definition) is 2. The first-order chi connectivity index (χ1) is 11.2. The fourth-order valence-electron chi connectivity index (χ4n) is 2.24. The van der Waals surface area contributed by atoms with Crippen LogP contribution in [0.2, 0.25) is 0 Å². The van der Waals surface area contributed by atoms with E-state index in [1.807, 2.05) is 6.07 Å². The lowest BCUT2D eigenvalue weighted by Gasteiger charge is -2.29. The molecule has 0 aliphatic carbocycles. The number of nitrogens with one attached hydrogen (secondary N) is 1. The molecule has 122 valence electrons. The molecule has 1 amide bonds. The lowest BCUT2D eigenvalue weighted by molar-refractivity contribution is 0.122. The van der Waals surface area contributed by atoms with Crippen LogP contribution in [0.4, 0.5) is 10.5 Å². The first kappa shape index (κ1) is 16.7. The molecule has 0 atom stereocenters. The Labute approximate surface area is 133 Å². The second-order valence-corrected chi connectivity index (χ2v) is 4.76. The van der Waals surface area contributed by atoms with Crippen LogP contribution in [0.25, 0.3) is 0 Å². The summed E-state index contributed by atoms with van der Waals surface area (Å²) in [4.78, 5) is 13.1. The zero-order chi connectivity index (χ0) is 16.7. The number of rotatable bonds is 4. The van der Waals surface area contributed by atoms with Gasteiger partial charge in [-0.25, -0.2) is 10.2 Å². The molecule has 0 saturated carbocycles. The molecule has 1 aliphatic heterocycles. The van der Waals surface area contributed by atoms with E-state index in [-0.39, 0.29) is 12.3 Å². The Morgan fingerprint density at radius 1 is 1.52 bits per heavy atom. The average Bonchev–Trinajstić information content (AvgIpc) is 2.62. The third-order valence-electron chi connectivity index (χ3n) is 3.42. The van der Waals surface area contributed by atoms with Crippen molar-refractivity contribution in [1.82, 2.24) is 5.43 Å². The second kappa shape index (κ2) is 8.12. The van der Waals surface area contributed by atoms with Crippen LogP contribution < -0.4 is 10.3 Å². The van der Waals surface area contributed by atoms with Gasteiger partial charge in [0.1, 0.15) is 6.07 Å². The van der Waals surface area contributed by atoms with E-state index >= 15 is 0 Å². The minimum atomic E-state index is -0.735. The number of methoxy groups -OCH3 is 1. The maximum absolute atomic E-state index is 11.1. The van der Waals surface area contributed by atoms with Crippen LogP contribution in [0.5, 0.6) is 0 Å². The number of carbonyl (C=O) groups is 1. The molecular weight excluding hydrogens is 300 g/mol. The minimum absolute atomic E-state index is 0.237. The molecule has 1 heterocycles. The van der Waals surface area contributed by atoms with Crippen molar-refractivity contribution in [2.75, 3.05) is 44.9 Å². The van der Waals surface area contributed by atoms with E-state index in [0.29, 0.717) is 24.3 Å². The highest BCUT2D eigenvalue weighted by Gasteiger charge is 2.16. The maximum Gasteiger partial charge on any atom is 0.427 e. The van der Waals surface area contributed by atoms with Crippen LogP contribution in [0, 0.1) is 11.3 Å². The van der Waals surface area contributed by atoms with E-state index in [2.05, 4.69) is 26.2 Å². The third kappa shape index (κ3) is 4.18. The number of hydrogen-bond acceptors (Lipinski definition) is 7. The third-order valence-corrected chi connectivity index (χ3v) is 3.42. The van der Waals surface area contributed by atoms with Crippen LogP contribution in [-0.2, 0) is 9.47 Å². The minimum Gasteiger partial charge on any atom is -0.452 e. The molecule has 0 aromatic heterocycles. The number of hydrazone groups is 1. The van der Waals surface area contributed by atoms with Crippen molar-refractivity contribution in [3.05, 3.63) is 29.3 Å². The summed E-state index contributed by atoms with van der Waals surface area (Å²) in [5.74, 6) is 0. The molecular formula is C15H18N4O4. The van der Waals surface area contributed by atoms with Gasteiger partial charge in [-0.05, 0) is 12.1 Å². The van der Waals surface area contributed by atoms with Gasteiger partial charge < -0.3 is 19.5 Å². The lowest BCUT2D eigenvalue weighted by atomic mass is 10.0. The summed E-state index contributed by atoms with van der Waals surface area (Å²) in [7, 11) is 1.22. The Morgan fingerprint density at radius 2 is 2.26 bits per heavy atom. The van der Waals surface area contributed by atoms with E-state index in [1.165, 1.54) is 7.11 Å². The summed E-state index contributed by atoms with van der Waals surface area (Å²) in [5, 5.41) is 22.6. The molecule has 23 heavy (non-hydrogen) atoms. The predicted molar refractivity (Wildman–Crippen MR) is 83.4 cm³/mol. The Balaban J connectivity index is 2.26. The van der Waals surface area contributed by atoms with Gasteiger partial charge in [0.2, 0.25) is 0 Å². The number of nitriles is 1. The van der Waals surface area contributed by atoms with Gasteiger partial charge in [0.25, 0.3) is 0 Å². The Bertz CT molecular complexity index is 633. The SMILES string of the molecule is COC(=O)NN=C(CO)c1ccc(N2CCOCC2)c(C#N)c1. The van der Waals surface area contributed by atoms with Gasteiger partial charge in [-0.15, -0.1) is 0 Å². The lowest BCUT2D eigenvalue weighted by Crippen LogP contribution is -2.36. The number of benzene rings is 1. The van der Waals surface area contributed by atoms with E-state index < -0.39 is 6.09 Å². The summed E-state index contributed by atoms with van der Waals surface area (Å²) in [6, 6.07) is 7.35. The summed E-state index contributed by atoms with van der Waals surface area (Å²) in [6.07, 6.45) is -0.735. The van der Waals surface area contributed by atoms with Crippen LogP contribution in [0.1, 0.15) is 11.1 Å². The van der Waals surface area contributed by atoms with Crippen molar-refractivity contribution in [2.24, 2.45) is 5.10 Å². The summed E-state index contributed by atoms with van der Waals surface area (Å²) >= 11 is 0. The first-order valence-electron chi connectivity index (χ1n) is 7.08. The molecule has 1 aromatic carbocycles. The highest BCUT2D eigenvalue weighted by molar-refractivity contribution is 6.02. The largest absolute Gasteiger partial charge is 0.452 e. The number of carbonyl (C=O) groups excluding carboxylic acids is 1. The summed E-state index contributed by atoms with van der Waals surface area (Å²) in [6.45, 7) is 2.31. The number of anilines is 1. The van der Waals surface area contributed by atoms with Gasteiger partial charge in [-0.2, -0.15) is 10.4 Å². The molecule has 1 aliphatic rings. The number of aliphatic hydroxyl groups excluding tert-OH is 1. The molecule has 0 bridgehead atoms. The molecule has 0 spiro atoms. The monoisotopic (exact) mass is 318 g/mol. The van der Waals surface area contributed by atoms with Crippen LogP contribution >= 0.6 is 0 Å². The molecule has 0 unspecified atom stereocenters. The topological polar surface area (TPSA) is 107 Å². The number of morpholine rings is 1. The molecule has 1 fully saturated rings. The van der Waals surface area contributed by atoms with Gasteiger partial charge >= 0.3 is 6.09 Å². The van der Waals surface area contributed by atoms with Crippen LogP contribution in [-0.4, -0.2) is 56.9 Å². The highest BCUT2D eigenvalue weighted by Crippen LogP contribution is 2.22. The predicted octanol–water partition coefficient (Wildman–Crippen LogP) is 0.447. The Hall–Kier alpha value is -2.63. The van der Waals surface area contributed by atoms with Crippen molar-refractivity contribution >= 4 is 17.5 Å². The highest BCUT2D eigenvalue weighted by atomic mass is 16.5. The molecule has 8 nitrogen and oxygen atoms in total. The van der Waals surface area contributed by atoms with Gasteiger partial charge in [0.05, 0.1) is 43.9 Å². The zero-order valence-corrected chi connectivity index (χ0v) is 12.8. The second-order valence-electron chi connectivity index (χ2n) is 4.76. The Kier molecular flexibility index (Phi) is 5.91. The van der Waals surface area contributed by atoms with Gasteiger partial charge in [0, 0.05) is 18.7 Å². The molecule has 1 saturated heterocycles. The molecule has 2 rings (SSSR count). The summed E-state index contributed by atoms with van der Waals surface area (Å²) < 4.78 is 9.72. The average molecular weight is 318 g/mol. The molecule has 8 heteroatoms. The molecule has 2 N–H and O–H groups in total. The van der Waals surface area contributed by atoms with Crippen molar-refractivity contribution in [3.63, 3.8) is 0 Å². The quantitative estimate of drug-likeness (QED) is 0.616. The van der Waals surface area contributed by atoms with Gasteiger partial charge in [-0.1, -0.05) is 6.07 Å². The van der Waals surface area contributed by atoms with Crippen molar-refractivity contribution < 1.29 is 19.4 Å². The van der Waals surface area contributed by atoms with E-state index in [4.69, 9.17) is 4.74 Å². The van der Waals surface area contributed by atoms with E-state index in [1.54, 1.807) is 12.1 Å². The van der Waals surface area contributed by atoms with Gasteiger partial charge in [0.15, 0.2) is 0 Å². The first-order valence-corrected chi connectivity index (χ1v) is 7.08. The smallest absolute Gasteiger partial charge is 0.427 e. The van der Waals surface area contributed by atoms with Crippen molar-refractivity contribution in [2.45, 2.75) is 0 Å². The molecule has 1 aromatic rings. The number of ether oxygens (including phenoxy) is 2. The number of aliphatic hydroxyl groups is 1. The number of amides is 1. The Morgan fingerprint density at radius 3 is 2.87 bits per heavy atom. The van der Waals surface area contributed by atoms with Crippen molar-refractivity contribution in [3.8, 4) is 6.07 Å². The van der Waals surface area contributed by atoms with Gasteiger partial charge in [-0.3, -0.25) is 0 Å². The van der Waals surface area contributed by atoms with Crippen LogP contribution in [0.15, 0.2) is 23.3 Å².